The van der Waals surface area contributed by atoms with Crippen molar-refractivity contribution in [3.05, 3.63) is 11.6 Å². The van der Waals surface area contributed by atoms with Crippen molar-refractivity contribution < 1.29 is 9.47 Å². The number of nitrogens with zero attached hydrogens (tertiary/aromatic N) is 4. The van der Waals surface area contributed by atoms with E-state index in [4.69, 9.17) is 20.3 Å². The van der Waals surface area contributed by atoms with E-state index in [9.17, 15) is 0 Å². The number of ether oxygens (including phenoxy) is 2. The zero-order valence-electron chi connectivity index (χ0n) is 17.7. The van der Waals surface area contributed by atoms with Crippen molar-refractivity contribution >= 4 is 5.71 Å². The molecule has 3 N–H and O–H groups in total. The van der Waals surface area contributed by atoms with Crippen molar-refractivity contribution in [2.24, 2.45) is 28.6 Å². The van der Waals surface area contributed by atoms with Crippen molar-refractivity contribution in [2.75, 3.05) is 19.9 Å². The van der Waals surface area contributed by atoms with Crippen LogP contribution in [0, 0.1) is 17.8 Å². The largest absolute Gasteiger partial charge is 0.349 e. The lowest BCUT2D eigenvalue weighted by atomic mass is 9.68. The highest BCUT2D eigenvalue weighted by Gasteiger charge is 2.46. The Labute approximate surface area is 178 Å². The van der Waals surface area contributed by atoms with Gasteiger partial charge in [0, 0.05) is 30.0 Å². The maximum absolute atomic E-state index is 6.23. The van der Waals surface area contributed by atoms with Crippen LogP contribution in [0.4, 0.5) is 0 Å². The van der Waals surface area contributed by atoms with Crippen LogP contribution >= 0.6 is 0 Å². The molecule has 4 heterocycles. The SMILES string of the molecule is NC1CCC(C2=Nn3c(nnc3C3CCNCC3)CC3CC4OCOC4CC23)CC1. The molecular formula is C22H34N6O2. The molecule has 0 radical (unpaired) electrons. The van der Waals surface area contributed by atoms with Crippen LogP contribution < -0.4 is 11.1 Å². The summed E-state index contributed by atoms with van der Waals surface area (Å²) in [6.45, 7) is 2.54. The second kappa shape index (κ2) is 7.97. The van der Waals surface area contributed by atoms with Gasteiger partial charge in [-0.25, -0.2) is 4.68 Å². The Bertz CT molecular complexity index is 796. The number of nitrogens with one attached hydrogen (secondary N) is 1. The molecule has 0 amide bonds. The van der Waals surface area contributed by atoms with E-state index in [0.29, 0.717) is 36.5 Å². The van der Waals surface area contributed by atoms with E-state index < -0.39 is 0 Å². The number of rotatable bonds is 2. The van der Waals surface area contributed by atoms with Crippen LogP contribution in [0.2, 0.25) is 0 Å². The van der Waals surface area contributed by atoms with Gasteiger partial charge in [0.25, 0.3) is 0 Å². The van der Waals surface area contributed by atoms with E-state index in [1.54, 1.807) is 0 Å². The summed E-state index contributed by atoms with van der Waals surface area (Å²) in [5.41, 5.74) is 7.60. The molecule has 4 unspecified atom stereocenters. The Morgan fingerprint density at radius 3 is 2.47 bits per heavy atom. The average Bonchev–Trinajstić information content (AvgIpc) is 3.36. The molecule has 6 rings (SSSR count). The van der Waals surface area contributed by atoms with Gasteiger partial charge in [-0.15, -0.1) is 10.2 Å². The molecule has 8 nitrogen and oxygen atoms in total. The fourth-order valence-corrected chi connectivity index (χ4v) is 6.48. The van der Waals surface area contributed by atoms with Crippen LogP contribution in [0.3, 0.4) is 0 Å². The van der Waals surface area contributed by atoms with Crippen LogP contribution in [-0.2, 0) is 15.9 Å². The summed E-state index contributed by atoms with van der Waals surface area (Å²) in [7, 11) is 0. The number of hydrogen-bond acceptors (Lipinski definition) is 7. The average molecular weight is 415 g/mol. The standard InChI is InChI=1S/C22H34N6O2/c23-16-3-1-13(2-4-16)21-17-11-19-18(29-12-30-19)9-15(17)10-20-25-26-22(28(20)27-21)14-5-7-24-8-6-14/h13-19,24H,1-12,23H2. The van der Waals surface area contributed by atoms with Gasteiger partial charge in [0.05, 0.1) is 12.2 Å². The normalized spacial score (nSPS) is 39.6. The summed E-state index contributed by atoms with van der Waals surface area (Å²) in [5.74, 6) is 4.04. The predicted molar refractivity (Wildman–Crippen MR) is 112 cm³/mol. The van der Waals surface area contributed by atoms with Crippen LogP contribution in [0.1, 0.15) is 68.9 Å². The molecule has 4 atom stereocenters. The Balaban J connectivity index is 1.38. The van der Waals surface area contributed by atoms with Crippen molar-refractivity contribution in [1.82, 2.24) is 20.2 Å². The molecule has 0 spiro atoms. The van der Waals surface area contributed by atoms with Gasteiger partial charge in [-0.3, -0.25) is 0 Å². The maximum atomic E-state index is 6.23. The van der Waals surface area contributed by atoms with Gasteiger partial charge in [-0.2, -0.15) is 5.10 Å². The van der Waals surface area contributed by atoms with Gasteiger partial charge in [0.1, 0.15) is 6.79 Å². The number of fused-ring (bicyclic) bond motifs is 3. The van der Waals surface area contributed by atoms with E-state index in [0.717, 1.165) is 82.5 Å². The van der Waals surface area contributed by atoms with Gasteiger partial charge >= 0.3 is 0 Å². The first-order valence-corrected chi connectivity index (χ1v) is 12.0. The van der Waals surface area contributed by atoms with E-state index in [1.807, 2.05) is 0 Å². The minimum absolute atomic E-state index is 0.217. The molecule has 2 saturated carbocycles. The summed E-state index contributed by atoms with van der Waals surface area (Å²) in [6, 6.07) is 0.349. The highest BCUT2D eigenvalue weighted by Crippen LogP contribution is 2.43. The monoisotopic (exact) mass is 414 g/mol. The minimum Gasteiger partial charge on any atom is -0.349 e. The first-order valence-electron chi connectivity index (χ1n) is 12.0. The zero-order chi connectivity index (χ0) is 20.1. The van der Waals surface area contributed by atoms with E-state index in [2.05, 4.69) is 20.2 Å². The molecule has 164 valence electrons. The Kier molecular flexibility index (Phi) is 5.14. The Morgan fingerprint density at radius 1 is 0.900 bits per heavy atom. The van der Waals surface area contributed by atoms with Gasteiger partial charge in [-0.05, 0) is 76.3 Å². The van der Waals surface area contributed by atoms with Crippen molar-refractivity contribution in [3.63, 3.8) is 0 Å². The zero-order valence-corrected chi connectivity index (χ0v) is 17.7. The molecular weight excluding hydrogens is 380 g/mol. The summed E-state index contributed by atoms with van der Waals surface area (Å²) in [4.78, 5) is 0. The second-order valence-corrected chi connectivity index (χ2v) is 10.0. The fraction of sp³-hybridized carbons (Fsp3) is 0.864. The number of piperidine rings is 1. The van der Waals surface area contributed by atoms with Crippen LogP contribution in [-0.4, -0.2) is 58.7 Å². The van der Waals surface area contributed by atoms with Gasteiger partial charge in [0.15, 0.2) is 11.6 Å². The Hall–Kier alpha value is -1.35. The first kappa shape index (κ1) is 19.3. The molecule has 0 bridgehead atoms. The van der Waals surface area contributed by atoms with E-state index >= 15 is 0 Å². The van der Waals surface area contributed by atoms with Gasteiger partial charge < -0.3 is 20.5 Å². The third-order valence-corrected chi connectivity index (χ3v) is 8.23. The second-order valence-electron chi connectivity index (χ2n) is 10.0. The Morgan fingerprint density at radius 2 is 1.67 bits per heavy atom. The molecule has 0 aromatic carbocycles. The summed E-state index contributed by atoms with van der Waals surface area (Å²) in [6.07, 6.45) is 10.2. The predicted octanol–water partition coefficient (Wildman–Crippen LogP) is 1.79. The lowest BCUT2D eigenvalue weighted by molar-refractivity contribution is 0.0388. The van der Waals surface area contributed by atoms with Crippen molar-refractivity contribution in [1.29, 1.82) is 0 Å². The molecule has 4 fully saturated rings. The third-order valence-electron chi connectivity index (χ3n) is 8.23. The van der Waals surface area contributed by atoms with Gasteiger partial charge in [0.2, 0.25) is 0 Å². The first-order chi connectivity index (χ1) is 14.8. The lowest BCUT2D eigenvalue weighted by Crippen LogP contribution is -2.43. The number of aromatic nitrogens is 3. The molecule has 5 aliphatic rings. The number of nitrogens with two attached hydrogens (primary N) is 1. The van der Waals surface area contributed by atoms with Crippen molar-refractivity contribution in [2.45, 2.75) is 82.0 Å². The van der Waals surface area contributed by atoms with E-state index in [-0.39, 0.29) is 12.2 Å². The summed E-state index contributed by atoms with van der Waals surface area (Å²) >= 11 is 0. The molecule has 2 aliphatic carbocycles. The summed E-state index contributed by atoms with van der Waals surface area (Å²) < 4.78 is 14.0. The van der Waals surface area contributed by atoms with E-state index in [1.165, 1.54) is 5.71 Å². The molecule has 8 heteroatoms. The van der Waals surface area contributed by atoms with Crippen LogP contribution in [0.25, 0.3) is 0 Å². The van der Waals surface area contributed by atoms with Crippen LogP contribution in [0.5, 0.6) is 0 Å². The number of hydrogen-bond donors (Lipinski definition) is 2. The topological polar surface area (TPSA) is 99.6 Å². The quantitative estimate of drug-likeness (QED) is 0.765. The summed E-state index contributed by atoms with van der Waals surface area (Å²) in [5, 5.41) is 18.2. The molecule has 1 aromatic rings. The smallest absolute Gasteiger partial charge is 0.157 e. The van der Waals surface area contributed by atoms with Crippen molar-refractivity contribution in [3.8, 4) is 0 Å². The highest BCUT2D eigenvalue weighted by atomic mass is 16.7. The highest BCUT2D eigenvalue weighted by molar-refractivity contribution is 5.89. The molecule has 2 saturated heterocycles. The minimum atomic E-state index is 0.217. The molecule has 30 heavy (non-hydrogen) atoms. The van der Waals surface area contributed by atoms with Gasteiger partial charge in [-0.1, -0.05) is 0 Å². The third kappa shape index (κ3) is 3.42. The lowest BCUT2D eigenvalue weighted by Gasteiger charge is -2.39. The molecule has 1 aromatic heterocycles. The fourth-order valence-electron chi connectivity index (χ4n) is 6.48. The molecule has 3 aliphatic heterocycles. The van der Waals surface area contributed by atoms with Crippen LogP contribution in [0.15, 0.2) is 5.10 Å². The maximum Gasteiger partial charge on any atom is 0.157 e.